The number of carbonyl (C=O) groups excluding carboxylic acids is 1. The minimum absolute atomic E-state index is 0.0574. The lowest BCUT2D eigenvalue weighted by molar-refractivity contribution is -0.148. The van der Waals surface area contributed by atoms with Crippen LogP contribution in [0.5, 0.6) is 0 Å². The fourth-order valence-electron chi connectivity index (χ4n) is 1.90. The van der Waals surface area contributed by atoms with Gasteiger partial charge in [-0.3, -0.25) is 9.59 Å². The predicted octanol–water partition coefficient (Wildman–Crippen LogP) is 0.924. The van der Waals surface area contributed by atoms with Crippen molar-refractivity contribution < 1.29 is 27.9 Å². The molecule has 0 aliphatic heterocycles. The van der Waals surface area contributed by atoms with Gasteiger partial charge in [0, 0.05) is 0 Å². The molecule has 1 aromatic rings. The third-order valence-electron chi connectivity index (χ3n) is 3.08. The van der Waals surface area contributed by atoms with Crippen molar-refractivity contribution >= 4 is 22.5 Å². The Balaban J connectivity index is 3.10. The van der Waals surface area contributed by atoms with Crippen LogP contribution >= 0.6 is 0 Å². The van der Waals surface area contributed by atoms with E-state index in [1.165, 1.54) is 12.1 Å². The molecule has 0 radical (unpaired) electrons. The summed E-state index contributed by atoms with van der Waals surface area (Å²) >= 11 is 0. The third kappa shape index (κ3) is 4.54. The number of ether oxygens (including phenoxy) is 1. The normalized spacial score (nSPS) is 14.4. The van der Waals surface area contributed by atoms with Gasteiger partial charge in [-0.2, -0.15) is 4.72 Å². The Labute approximate surface area is 129 Å². The van der Waals surface area contributed by atoms with Crippen molar-refractivity contribution in [3.05, 3.63) is 29.8 Å². The Kier molecular flexibility index (Phi) is 6.07. The summed E-state index contributed by atoms with van der Waals surface area (Å²) < 4.78 is 31.4. The quantitative estimate of drug-likeness (QED) is 0.686. The van der Waals surface area contributed by atoms with Gasteiger partial charge in [0.05, 0.1) is 4.90 Å². The Morgan fingerprint density at radius 2 is 1.82 bits per heavy atom. The van der Waals surface area contributed by atoms with Gasteiger partial charge in [0.2, 0.25) is 10.0 Å². The molecule has 7 nitrogen and oxygen atoms in total. The van der Waals surface area contributed by atoms with Crippen LogP contribution in [0.4, 0.5) is 0 Å². The number of carboxylic acids is 1. The van der Waals surface area contributed by atoms with Gasteiger partial charge in [-0.15, -0.1) is 0 Å². The molecule has 2 N–H and O–H groups in total. The molecule has 0 saturated carbocycles. The summed E-state index contributed by atoms with van der Waals surface area (Å²) in [6.45, 7) is 5.17. The van der Waals surface area contributed by atoms with Gasteiger partial charge < -0.3 is 9.84 Å². The number of aryl methyl sites for hydroxylation is 1. The van der Waals surface area contributed by atoms with Gasteiger partial charge >= 0.3 is 5.97 Å². The van der Waals surface area contributed by atoms with Crippen molar-refractivity contribution in [3.63, 3.8) is 0 Å². The standard InChI is InChI=1S/C14H19NO6S/c1-9(2)13(21-8-16)12(14(17)18)15-22(19,20)11-6-4-10(3)5-7-11/h4-9,12-13,15H,1-3H3,(H,17,18). The molecule has 1 rings (SSSR count). The highest BCUT2D eigenvalue weighted by atomic mass is 32.2. The van der Waals surface area contributed by atoms with E-state index in [0.717, 1.165) is 5.56 Å². The van der Waals surface area contributed by atoms with Gasteiger partial charge in [-0.05, 0) is 25.0 Å². The van der Waals surface area contributed by atoms with Crippen molar-refractivity contribution in [1.29, 1.82) is 0 Å². The second kappa shape index (κ2) is 7.37. The van der Waals surface area contributed by atoms with E-state index in [2.05, 4.69) is 4.72 Å². The van der Waals surface area contributed by atoms with E-state index in [0.29, 0.717) is 0 Å². The van der Waals surface area contributed by atoms with E-state index >= 15 is 0 Å². The highest BCUT2D eigenvalue weighted by Crippen LogP contribution is 2.16. The fraction of sp³-hybridized carbons (Fsp3) is 0.429. The highest BCUT2D eigenvalue weighted by molar-refractivity contribution is 7.89. The van der Waals surface area contributed by atoms with Crippen LogP contribution in [-0.2, 0) is 24.3 Å². The first kappa shape index (κ1) is 18.1. The van der Waals surface area contributed by atoms with Gasteiger partial charge in [-0.1, -0.05) is 31.5 Å². The van der Waals surface area contributed by atoms with Crippen molar-refractivity contribution in [2.75, 3.05) is 0 Å². The van der Waals surface area contributed by atoms with Crippen LogP contribution in [0.15, 0.2) is 29.2 Å². The smallest absolute Gasteiger partial charge is 0.325 e. The third-order valence-corrected chi connectivity index (χ3v) is 4.53. The number of benzene rings is 1. The second-order valence-corrected chi connectivity index (χ2v) is 6.91. The van der Waals surface area contributed by atoms with Crippen LogP contribution in [0.1, 0.15) is 19.4 Å². The zero-order chi connectivity index (χ0) is 16.9. The molecular weight excluding hydrogens is 310 g/mol. The molecule has 0 saturated heterocycles. The maximum absolute atomic E-state index is 12.3. The summed E-state index contributed by atoms with van der Waals surface area (Å²) in [5, 5.41) is 9.25. The van der Waals surface area contributed by atoms with Crippen LogP contribution in [0.2, 0.25) is 0 Å². The summed E-state index contributed by atoms with van der Waals surface area (Å²) in [7, 11) is -4.04. The molecule has 0 aromatic heterocycles. The first-order valence-corrected chi connectivity index (χ1v) is 8.08. The summed E-state index contributed by atoms with van der Waals surface area (Å²) in [6.07, 6.45) is -1.12. The highest BCUT2D eigenvalue weighted by Gasteiger charge is 2.36. The number of nitrogens with one attached hydrogen (secondary N) is 1. The number of hydrogen-bond donors (Lipinski definition) is 2. The van der Waals surface area contributed by atoms with Crippen LogP contribution in [0.25, 0.3) is 0 Å². The monoisotopic (exact) mass is 329 g/mol. The molecule has 0 aliphatic carbocycles. The molecule has 2 atom stereocenters. The molecule has 0 fully saturated rings. The lowest BCUT2D eigenvalue weighted by atomic mass is 10.0. The largest absolute Gasteiger partial charge is 0.480 e. The van der Waals surface area contributed by atoms with Gasteiger partial charge in [-0.25, -0.2) is 8.42 Å². The number of sulfonamides is 1. The van der Waals surface area contributed by atoms with Crippen LogP contribution in [-0.4, -0.2) is 38.1 Å². The SMILES string of the molecule is Cc1ccc(S(=O)(=O)NC(C(=O)O)C(OC=O)C(C)C)cc1. The molecule has 0 spiro atoms. The van der Waals surface area contributed by atoms with Crippen LogP contribution < -0.4 is 4.72 Å². The topological polar surface area (TPSA) is 110 Å². The lowest BCUT2D eigenvalue weighted by Crippen LogP contribution is -2.51. The molecule has 0 bridgehead atoms. The molecule has 1 aromatic carbocycles. The molecule has 0 amide bonds. The first-order valence-electron chi connectivity index (χ1n) is 6.60. The van der Waals surface area contributed by atoms with Crippen LogP contribution in [0, 0.1) is 12.8 Å². The van der Waals surface area contributed by atoms with Gasteiger partial charge in [0.1, 0.15) is 6.10 Å². The Hall–Kier alpha value is -1.93. The molecular formula is C14H19NO6S. The Bertz CT molecular complexity index is 623. The number of hydrogen-bond acceptors (Lipinski definition) is 5. The number of rotatable bonds is 8. The molecule has 22 heavy (non-hydrogen) atoms. The van der Waals surface area contributed by atoms with E-state index in [-0.39, 0.29) is 17.3 Å². The van der Waals surface area contributed by atoms with Gasteiger partial charge in [0.15, 0.2) is 6.04 Å². The fourth-order valence-corrected chi connectivity index (χ4v) is 3.10. The van der Waals surface area contributed by atoms with Crippen molar-refractivity contribution in [2.24, 2.45) is 5.92 Å². The zero-order valence-electron chi connectivity index (χ0n) is 12.5. The van der Waals surface area contributed by atoms with E-state index in [4.69, 9.17) is 4.74 Å². The lowest BCUT2D eigenvalue weighted by Gasteiger charge is -2.26. The van der Waals surface area contributed by atoms with E-state index in [9.17, 15) is 23.1 Å². The van der Waals surface area contributed by atoms with Crippen molar-refractivity contribution in [3.8, 4) is 0 Å². The molecule has 2 unspecified atom stereocenters. The van der Waals surface area contributed by atoms with Crippen molar-refractivity contribution in [2.45, 2.75) is 37.8 Å². The number of aliphatic carboxylic acids is 1. The minimum atomic E-state index is -4.04. The maximum atomic E-state index is 12.3. The average molecular weight is 329 g/mol. The summed E-state index contributed by atoms with van der Waals surface area (Å²) in [4.78, 5) is 21.8. The maximum Gasteiger partial charge on any atom is 0.325 e. The minimum Gasteiger partial charge on any atom is -0.480 e. The Morgan fingerprint density at radius 3 is 2.23 bits per heavy atom. The van der Waals surface area contributed by atoms with E-state index in [1.54, 1.807) is 32.9 Å². The van der Waals surface area contributed by atoms with E-state index in [1.807, 2.05) is 0 Å². The molecule has 0 aliphatic rings. The first-order chi connectivity index (χ1) is 10.2. The van der Waals surface area contributed by atoms with Gasteiger partial charge in [0.25, 0.3) is 6.47 Å². The molecule has 0 heterocycles. The molecule has 122 valence electrons. The number of carbonyl (C=O) groups is 2. The number of carboxylic acid groups (broad SMARTS) is 1. The summed E-state index contributed by atoms with van der Waals surface area (Å²) in [6, 6.07) is 4.39. The second-order valence-electron chi connectivity index (χ2n) is 5.19. The zero-order valence-corrected chi connectivity index (χ0v) is 13.3. The molecule has 8 heteroatoms. The van der Waals surface area contributed by atoms with E-state index < -0.39 is 28.1 Å². The average Bonchev–Trinajstić information content (AvgIpc) is 2.42. The van der Waals surface area contributed by atoms with Crippen molar-refractivity contribution in [1.82, 2.24) is 4.72 Å². The summed E-state index contributed by atoms with van der Waals surface area (Å²) in [5.41, 5.74) is 0.873. The summed E-state index contributed by atoms with van der Waals surface area (Å²) in [5.74, 6) is -1.80. The van der Waals surface area contributed by atoms with Crippen LogP contribution in [0.3, 0.4) is 0 Å². The predicted molar refractivity (Wildman–Crippen MR) is 78.7 cm³/mol. The Morgan fingerprint density at radius 1 is 1.27 bits per heavy atom.